The number of aliphatic hydroxyl groups is 2. The van der Waals surface area contributed by atoms with Gasteiger partial charge in [0.15, 0.2) is 40.6 Å². The van der Waals surface area contributed by atoms with Crippen LogP contribution in [0, 0.1) is 0 Å². The van der Waals surface area contributed by atoms with Crippen LogP contribution in [0.5, 0.6) is 69.0 Å². The van der Waals surface area contributed by atoms with E-state index in [1.807, 2.05) is 0 Å². The molecule has 278 valence electrons. The first-order valence-corrected chi connectivity index (χ1v) is 16.6. The molecule has 3 aliphatic heterocycles. The number of aromatic hydroxyl groups is 9. The first-order chi connectivity index (χ1) is 25.7. The Morgan fingerprint density at radius 2 is 1.02 bits per heavy atom. The number of carbonyl (C=O) groups excluding carboxylic acids is 1. The fourth-order valence-electron chi connectivity index (χ4n) is 7.66. The van der Waals surface area contributed by atoms with Gasteiger partial charge in [0, 0.05) is 46.7 Å². The second kappa shape index (κ2) is 12.5. The molecule has 0 radical (unpaired) electrons. The number of phenolic OH excluding ortho intramolecular Hbond substituents is 9. The quantitative estimate of drug-likeness (QED) is 0.0702. The Morgan fingerprint density at radius 3 is 1.63 bits per heavy atom. The van der Waals surface area contributed by atoms with Crippen molar-refractivity contribution in [2.24, 2.45) is 0 Å². The molecule has 0 amide bonds. The summed E-state index contributed by atoms with van der Waals surface area (Å²) in [7, 11) is 0. The largest absolute Gasteiger partial charge is 0.507 e. The molecule has 0 spiro atoms. The van der Waals surface area contributed by atoms with Gasteiger partial charge in [-0.25, -0.2) is 0 Å². The van der Waals surface area contributed by atoms with Gasteiger partial charge in [0.05, 0.1) is 18.4 Å². The van der Waals surface area contributed by atoms with E-state index in [4.69, 9.17) is 14.2 Å². The first kappa shape index (κ1) is 34.4. The fourth-order valence-corrected chi connectivity index (χ4v) is 7.66. The molecule has 3 heterocycles. The zero-order valence-corrected chi connectivity index (χ0v) is 27.8. The van der Waals surface area contributed by atoms with Crippen LogP contribution in [-0.2, 0) is 11.2 Å². The molecule has 0 saturated carbocycles. The highest BCUT2D eigenvalue weighted by Gasteiger charge is 2.49. The smallest absolute Gasteiger partial charge is 0.312 e. The van der Waals surface area contributed by atoms with E-state index >= 15 is 0 Å². The molecule has 15 heteroatoms. The lowest BCUT2D eigenvalue weighted by atomic mass is 9.74. The van der Waals surface area contributed by atoms with E-state index in [1.165, 1.54) is 42.5 Å². The normalized spacial score (nSPS) is 22.9. The van der Waals surface area contributed by atoms with E-state index in [0.717, 1.165) is 24.3 Å². The molecule has 54 heavy (non-hydrogen) atoms. The van der Waals surface area contributed by atoms with Crippen LogP contribution in [0.3, 0.4) is 0 Å². The SMILES string of the molecule is O=C1C[C@H](c2ccc(O)c(O)c2)c2c(cc(O)c3c2O[C@H](c2ccc(O)c(O)c2)[C@H](O)C3c2c(O)cc(O)c3c2O[C@H](c2ccc(O)c(O)c2)[C@H](O)C3)O1. The van der Waals surface area contributed by atoms with E-state index in [1.54, 1.807) is 0 Å². The van der Waals surface area contributed by atoms with Gasteiger partial charge in [-0.05, 0) is 53.1 Å². The van der Waals surface area contributed by atoms with Gasteiger partial charge in [0.1, 0.15) is 46.7 Å². The summed E-state index contributed by atoms with van der Waals surface area (Å²) < 4.78 is 18.3. The Morgan fingerprint density at radius 1 is 0.500 bits per heavy atom. The number of aliphatic hydroxyl groups excluding tert-OH is 2. The number of esters is 1. The molecule has 6 atom stereocenters. The van der Waals surface area contributed by atoms with Crippen molar-refractivity contribution in [1.29, 1.82) is 0 Å². The topological polar surface area (TPSA) is 267 Å². The summed E-state index contributed by atoms with van der Waals surface area (Å²) in [5.74, 6) is -8.07. The molecule has 0 aromatic heterocycles. The Labute approximate surface area is 304 Å². The summed E-state index contributed by atoms with van der Waals surface area (Å²) in [6, 6.07) is 13.5. The standard InChI is InChI=1S/C39H32O15/c40-19-4-1-14(7-23(19)44)17-11-30(50)52-29-13-27(48)33-34(35(51)37(54-39(33)31(17)29)16-3-6-21(42)25(46)9-16)32-26(47)12-22(43)18-10-28(49)36(53-38(18)32)15-2-5-20(41)24(45)8-15/h1-9,12-13,17,28,34-37,40-49,51H,10-11H2/t17-,28-,34?,35-,36-,37-/m1/s1. The van der Waals surface area contributed by atoms with Crippen LogP contribution in [0.15, 0.2) is 66.7 Å². The highest BCUT2D eigenvalue weighted by atomic mass is 16.5. The zero-order chi connectivity index (χ0) is 38.3. The highest BCUT2D eigenvalue weighted by molar-refractivity contribution is 5.81. The van der Waals surface area contributed by atoms with Gasteiger partial charge in [-0.3, -0.25) is 4.79 Å². The fraction of sp³-hybridized carbons (Fsp3) is 0.205. The average Bonchev–Trinajstić information content (AvgIpc) is 3.12. The third-order valence-corrected chi connectivity index (χ3v) is 10.2. The van der Waals surface area contributed by atoms with Gasteiger partial charge >= 0.3 is 5.97 Å². The molecule has 5 aromatic carbocycles. The van der Waals surface area contributed by atoms with Crippen molar-refractivity contribution in [3.05, 3.63) is 106 Å². The molecule has 8 rings (SSSR count). The van der Waals surface area contributed by atoms with Gasteiger partial charge in [-0.2, -0.15) is 0 Å². The summed E-state index contributed by atoms with van der Waals surface area (Å²) in [4.78, 5) is 12.9. The lowest BCUT2D eigenvalue weighted by Crippen LogP contribution is -2.37. The molecule has 0 aliphatic carbocycles. The van der Waals surface area contributed by atoms with Crippen LogP contribution in [0.4, 0.5) is 0 Å². The van der Waals surface area contributed by atoms with Crippen LogP contribution in [0.1, 0.15) is 69.4 Å². The van der Waals surface area contributed by atoms with Crippen LogP contribution in [0.2, 0.25) is 0 Å². The predicted octanol–water partition coefficient (Wildman–Crippen LogP) is 4.14. The van der Waals surface area contributed by atoms with Crippen molar-refractivity contribution >= 4 is 5.97 Å². The van der Waals surface area contributed by atoms with E-state index < -0.39 is 94.0 Å². The number of hydrogen-bond acceptors (Lipinski definition) is 15. The Bertz CT molecular complexity index is 2370. The van der Waals surface area contributed by atoms with Crippen molar-refractivity contribution in [1.82, 2.24) is 0 Å². The maximum atomic E-state index is 12.9. The van der Waals surface area contributed by atoms with Crippen LogP contribution < -0.4 is 14.2 Å². The Balaban J connectivity index is 1.39. The van der Waals surface area contributed by atoms with Gasteiger partial charge in [-0.15, -0.1) is 0 Å². The number of hydrogen-bond donors (Lipinski definition) is 11. The minimum atomic E-state index is -1.74. The minimum Gasteiger partial charge on any atom is -0.507 e. The second-order valence-electron chi connectivity index (χ2n) is 13.5. The molecule has 1 unspecified atom stereocenters. The van der Waals surface area contributed by atoms with E-state index in [2.05, 4.69) is 0 Å². The van der Waals surface area contributed by atoms with Crippen molar-refractivity contribution in [3.63, 3.8) is 0 Å². The molecular weight excluding hydrogens is 708 g/mol. The maximum Gasteiger partial charge on any atom is 0.312 e. The number of phenols is 9. The Hall–Kier alpha value is -6.71. The number of rotatable bonds is 4. The number of ether oxygens (including phenoxy) is 3. The number of benzene rings is 5. The lowest BCUT2D eigenvalue weighted by Gasteiger charge is -2.42. The molecule has 5 aromatic rings. The number of carbonyl (C=O) groups is 1. The molecule has 0 bridgehead atoms. The van der Waals surface area contributed by atoms with Crippen molar-refractivity contribution in [2.75, 3.05) is 0 Å². The van der Waals surface area contributed by atoms with Gasteiger partial charge in [0.2, 0.25) is 0 Å². The molecule has 15 nitrogen and oxygen atoms in total. The van der Waals surface area contributed by atoms with E-state index in [9.17, 15) is 61.0 Å². The molecule has 0 fully saturated rings. The van der Waals surface area contributed by atoms with E-state index in [-0.39, 0.29) is 63.5 Å². The van der Waals surface area contributed by atoms with Crippen LogP contribution >= 0.6 is 0 Å². The summed E-state index contributed by atoms with van der Waals surface area (Å²) in [6.45, 7) is 0. The van der Waals surface area contributed by atoms with Gasteiger partial charge in [0.25, 0.3) is 0 Å². The molecule has 0 saturated heterocycles. The van der Waals surface area contributed by atoms with Crippen molar-refractivity contribution in [2.45, 2.75) is 49.1 Å². The second-order valence-corrected chi connectivity index (χ2v) is 13.5. The van der Waals surface area contributed by atoms with Crippen molar-refractivity contribution in [3.8, 4) is 69.0 Å². The summed E-state index contributed by atoms with van der Waals surface area (Å²) in [5, 5.41) is 119. The van der Waals surface area contributed by atoms with Gasteiger partial charge < -0.3 is 70.4 Å². The zero-order valence-electron chi connectivity index (χ0n) is 27.8. The number of fused-ring (bicyclic) bond motifs is 4. The Kier molecular flexibility index (Phi) is 7.93. The van der Waals surface area contributed by atoms with Crippen LogP contribution in [-0.4, -0.2) is 74.3 Å². The third-order valence-electron chi connectivity index (χ3n) is 10.2. The summed E-state index contributed by atoms with van der Waals surface area (Å²) in [5.41, 5.74) is 0.580. The van der Waals surface area contributed by atoms with Crippen LogP contribution in [0.25, 0.3) is 0 Å². The predicted molar refractivity (Wildman–Crippen MR) is 184 cm³/mol. The monoisotopic (exact) mass is 740 g/mol. The van der Waals surface area contributed by atoms with E-state index in [0.29, 0.717) is 5.56 Å². The highest BCUT2D eigenvalue weighted by Crippen LogP contribution is 2.60. The molecular formula is C39H32O15. The molecule has 11 N–H and O–H groups in total. The first-order valence-electron chi connectivity index (χ1n) is 16.6. The summed E-state index contributed by atoms with van der Waals surface area (Å²) >= 11 is 0. The third kappa shape index (κ3) is 5.40. The lowest BCUT2D eigenvalue weighted by molar-refractivity contribution is -0.135. The summed E-state index contributed by atoms with van der Waals surface area (Å²) in [6.07, 6.45) is -6.28. The maximum absolute atomic E-state index is 12.9. The minimum absolute atomic E-state index is 0.0254. The average molecular weight is 741 g/mol. The molecule has 3 aliphatic rings. The van der Waals surface area contributed by atoms with Gasteiger partial charge in [-0.1, -0.05) is 18.2 Å². The van der Waals surface area contributed by atoms with Crippen molar-refractivity contribution < 1.29 is 75.2 Å².